The summed E-state index contributed by atoms with van der Waals surface area (Å²) in [5.41, 5.74) is 1.88. The molecule has 1 aromatic carbocycles. The molecule has 2 atom stereocenters. The van der Waals surface area contributed by atoms with Gasteiger partial charge in [0.1, 0.15) is 0 Å². The van der Waals surface area contributed by atoms with E-state index in [1.165, 1.54) is 12.8 Å². The Morgan fingerprint density at radius 1 is 1.20 bits per heavy atom. The lowest BCUT2D eigenvalue weighted by atomic mass is 9.98. The first-order valence-corrected chi connectivity index (χ1v) is 9.49. The van der Waals surface area contributed by atoms with Crippen LogP contribution in [0.2, 0.25) is 0 Å². The molecule has 0 unspecified atom stereocenters. The maximum absolute atomic E-state index is 13.3. The zero-order chi connectivity index (χ0) is 17.8. The van der Waals surface area contributed by atoms with Crippen LogP contribution in [0.15, 0.2) is 24.3 Å². The number of benzene rings is 1. The summed E-state index contributed by atoms with van der Waals surface area (Å²) in [5, 5.41) is 0. The number of hydrogen-bond donors (Lipinski definition) is 0. The Morgan fingerprint density at radius 3 is 2.60 bits per heavy atom. The molecule has 0 bridgehead atoms. The molecule has 0 spiro atoms. The van der Waals surface area contributed by atoms with Crippen molar-refractivity contribution in [2.45, 2.75) is 25.8 Å². The lowest BCUT2D eigenvalue weighted by Crippen LogP contribution is -2.39. The molecule has 2 aliphatic rings. The molecule has 5 heteroatoms. The highest BCUT2D eigenvalue weighted by Crippen LogP contribution is 2.29. The Balaban J connectivity index is 1.79. The van der Waals surface area contributed by atoms with E-state index in [1.807, 2.05) is 18.2 Å². The SMILES string of the molecule is CCC[C@H]1CN(C(=O)c2ccccc2N2CCOCC2)C[C@@H]1N(C)C. The third kappa shape index (κ3) is 3.98. The number of nitrogens with zero attached hydrogens (tertiary/aromatic N) is 3. The van der Waals surface area contributed by atoms with Crippen LogP contribution in [-0.2, 0) is 4.74 Å². The van der Waals surface area contributed by atoms with Gasteiger partial charge in [0.15, 0.2) is 0 Å². The van der Waals surface area contributed by atoms with Crippen molar-refractivity contribution in [2.24, 2.45) is 5.92 Å². The second-order valence-electron chi connectivity index (χ2n) is 7.41. The predicted molar refractivity (Wildman–Crippen MR) is 101 cm³/mol. The molecule has 25 heavy (non-hydrogen) atoms. The van der Waals surface area contributed by atoms with Crippen molar-refractivity contribution in [1.82, 2.24) is 9.80 Å². The van der Waals surface area contributed by atoms with E-state index in [0.29, 0.717) is 12.0 Å². The second kappa shape index (κ2) is 8.19. The van der Waals surface area contributed by atoms with Crippen LogP contribution in [0.25, 0.3) is 0 Å². The number of ether oxygens (including phenoxy) is 1. The molecule has 138 valence electrons. The van der Waals surface area contributed by atoms with Crippen LogP contribution in [0.4, 0.5) is 5.69 Å². The van der Waals surface area contributed by atoms with Crippen molar-refractivity contribution in [1.29, 1.82) is 0 Å². The molecule has 0 N–H and O–H groups in total. The second-order valence-corrected chi connectivity index (χ2v) is 7.41. The maximum atomic E-state index is 13.3. The van der Waals surface area contributed by atoms with Crippen LogP contribution in [0, 0.1) is 5.92 Å². The Labute approximate surface area is 151 Å². The topological polar surface area (TPSA) is 36.0 Å². The summed E-state index contributed by atoms with van der Waals surface area (Å²) in [5.74, 6) is 0.743. The maximum Gasteiger partial charge on any atom is 0.256 e. The molecular formula is C20H31N3O2. The molecule has 2 saturated heterocycles. The zero-order valence-corrected chi connectivity index (χ0v) is 15.8. The van der Waals surface area contributed by atoms with Crippen LogP contribution >= 0.6 is 0 Å². The number of carbonyl (C=O) groups excluding carboxylic acids is 1. The van der Waals surface area contributed by atoms with E-state index in [-0.39, 0.29) is 5.91 Å². The quantitative estimate of drug-likeness (QED) is 0.821. The van der Waals surface area contributed by atoms with Gasteiger partial charge in [-0.05, 0) is 38.6 Å². The summed E-state index contributed by atoms with van der Waals surface area (Å²) in [6.45, 7) is 7.08. The molecule has 0 saturated carbocycles. The van der Waals surface area contributed by atoms with E-state index < -0.39 is 0 Å². The summed E-state index contributed by atoms with van der Waals surface area (Å²) < 4.78 is 5.46. The van der Waals surface area contributed by atoms with Gasteiger partial charge in [-0.2, -0.15) is 0 Å². The minimum absolute atomic E-state index is 0.174. The van der Waals surface area contributed by atoms with Gasteiger partial charge in [-0.3, -0.25) is 4.79 Å². The molecule has 0 aromatic heterocycles. The summed E-state index contributed by atoms with van der Waals surface area (Å²) in [4.78, 5) is 19.9. The average molecular weight is 345 g/mol. The van der Waals surface area contributed by atoms with Gasteiger partial charge in [0.2, 0.25) is 0 Å². The number of likely N-dealkylation sites (N-methyl/N-ethyl adjacent to an activating group) is 1. The van der Waals surface area contributed by atoms with E-state index in [0.717, 1.165) is 50.6 Å². The average Bonchev–Trinajstić information content (AvgIpc) is 3.06. The molecule has 2 heterocycles. The fraction of sp³-hybridized carbons (Fsp3) is 0.650. The summed E-state index contributed by atoms with van der Waals surface area (Å²) >= 11 is 0. The zero-order valence-electron chi connectivity index (χ0n) is 15.8. The van der Waals surface area contributed by atoms with E-state index in [4.69, 9.17) is 4.74 Å². The number of anilines is 1. The number of hydrogen-bond acceptors (Lipinski definition) is 4. The third-order valence-electron chi connectivity index (χ3n) is 5.50. The number of rotatable bonds is 5. The van der Waals surface area contributed by atoms with Crippen LogP contribution < -0.4 is 4.90 Å². The summed E-state index contributed by atoms with van der Waals surface area (Å²) in [6, 6.07) is 8.50. The lowest BCUT2D eigenvalue weighted by molar-refractivity contribution is 0.0780. The summed E-state index contributed by atoms with van der Waals surface area (Å²) in [7, 11) is 4.26. The highest BCUT2D eigenvalue weighted by Gasteiger charge is 2.36. The molecule has 1 amide bonds. The smallest absolute Gasteiger partial charge is 0.256 e. The van der Waals surface area contributed by atoms with Gasteiger partial charge < -0.3 is 19.4 Å². The fourth-order valence-electron chi connectivity index (χ4n) is 4.16. The molecular weight excluding hydrogens is 314 g/mol. The molecule has 2 aliphatic heterocycles. The lowest BCUT2D eigenvalue weighted by Gasteiger charge is -2.31. The Hall–Kier alpha value is -1.59. The van der Waals surface area contributed by atoms with Crippen molar-refractivity contribution in [3.05, 3.63) is 29.8 Å². The van der Waals surface area contributed by atoms with Crippen molar-refractivity contribution in [2.75, 3.05) is 58.4 Å². The van der Waals surface area contributed by atoms with Gasteiger partial charge in [0.25, 0.3) is 5.91 Å². The number of carbonyl (C=O) groups is 1. The van der Waals surface area contributed by atoms with E-state index >= 15 is 0 Å². The Morgan fingerprint density at radius 2 is 1.92 bits per heavy atom. The largest absolute Gasteiger partial charge is 0.378 e. The molecule has 3 rings (SSSR count). The molecule has 0 aliphatic carbocycles. The first-order valence-electron chi connectivity index (χ1n) is 9.49. The molecule has 5 nitrogen and oxygen atoms in total. The van der Waals surface area contributed by atoms with Crippen LogP contribution in [0.3, 0.4) is 0 Å². The van der Waals surface area contributed by atoms with Crippen molar-refractivity contribution < 1.29 is 9.53 Å². The van der Waals surface area contributed by atoms with Crippen LogP contribution in [-0.4, -0.2) is 75.2 Å². The molecule has 0 radical (unpaired) electrons. The number of morpholine rings is 1. The van der Waals surface area contributed by atoms with Crippen molar-refractivity contribution in [3.63, 3.8) is 0 Å². The third-order valence-corrected chi connectivity index (χ3v) is 5.50. The van der Waals surface area contributed by atoms with Crippen molar-refractivity contribution >= 4 is 11.6 Å². The highest BCUT2D eigenvalue weighted by atomic mass is 16.5. The van der Waals surface area contributed by atoms with E-state index in [2.05, 4.69) is 41.8 Å². The molecule has 2 fully saturated rings. The van der Waals surface area contributed by atoms with Crippen molar-refractivity contribution in [3.8, 4) is 0 Å². The standard InChI is InChI=1S/C20H31N3O2/c1-4-7-16-14-23(15-19(16)21(2)3)20(24)17-8-5-6-9-18(17)22-10-12-25-13-11-22/h5-6,8-9,16,19H,4,7,10-15H2,1-3H3/t16-,19-/m0/s1. The predicted octanol–water partition coefficient (Wildman–Crippen LogP) is 2.33. The highest BCUT2D eigenvalue weighted by molar-refractivity contribution is 6.00. The number of likely N-dealkylation sites (tertiary alicyclic amines) is 1. The first kappa shape index (κ1) is 18.2. The Kier molecular flexibility index (Phi) is 5.97. The molecule has 1 aromatic rings. The number of para-hydroxylation sites is 1. The van der Waals surface area contributed by atoms with Gasteiger partial charge in [0, 0.05) is 37.9 Å². The number of amides is 1. The van der Waals surface area contributed by atoms with Gasteiger partial charge >= 0.3 is 0 Å². The minimum Gasteiger partial charge on any atom is -0.378 e. The minimum atomic E-state index is 0.174. The van der Waals surface area contributed by atoms with E-state index in [1.54, 1.807) is 0 Å². The van der Waals surface area contributed by atoms with Gasteiger partial charge in [-0.1, -0.05) is 25.5 Å². The van der Waals surface area contributed by atoms with Gasteiger partial charge in [-0.25, -0.2) is 0 Å². The van der Waals surface area contributed by atoms with Gasteiger partial charge in [-0.15, -0.1) is 0 Å². The van der Waals surface area contributed by atoms with Crippen LogP contribution in [0.5, 0.6) is 0 Å². The van der Waals surface area contributed by atoms with Gasteiger partial charge in [0.05, 0.1) is 18.8 Å². The Bertz CT molecular complexity index is 584. The normalized spacial score (nSPS) is 24.2. The van der Waals surface area contributed by atoms with E-state index in [9.17, 15) is 4.79 Å². The first-order chi connectivity index (χ1) is 12.1. The van der Waals surface area contributed by atoms with Crippen LogP contribution in [0.1, 0.15) is 30.1 Å². The fourth-order valence-corrected chi connectivity index (χ4v) is 4.16. The summed E-state index contributed by atoms with van der Waals surface area (Å²) in [6.07, 6.45) is 2.35. The monoisotopic (exact) mass is 345 g/mol.